The van der Waals surface area contributed by atoms with Crippen molar-refractivity contribution >= 4 is 17.6 Å². The van der Waals surface area contributed by atoms with Gasteiger partial charge in [0.15, 0.2) is 0 Å². The van der Waals surface area contributed by atoms with Crippen LogP contribution in [0.25, 0.3) is 0 Å². The quantitative estimate of drug-likeness (QED) is 0.912. The van der Waals surface area contributed by atoms with Gasteiger partial charge in [-0.1, -0.05) is 31.2 Å². The van der Waals surface area contributed by atoms with Crippen LogP contribution in [-0.4, -0.2) is 23.6 Å². The third-order valence-corrected chi connectivity index (χ3v) is 3.70. The minimum absolute atomic E-state index is 0.0534. The van der Waals surface area contributed by atoms with Gasteiger partial charge >= 0.3 is 5.97 Å². The van der Waals surface area contributed by atoms with Crippen LogP contribution in [0.5, 0.6) is 5.75 Å². The highest BCUT2D eigenvalue weighted by molar-refractivity contribution is 6.09. The molecule has 0 saturated heterocycles. The second-order valence-corrected chi connectivity index (χ2v) is 5.24. The summed E-state index contributed by atoms with van der Waals surface area (Å²) in [5, 5.41) is 11.8. The molecule has 0 bridgehead atoms. The van der Waals surface area contributed by atoms with Gasteiger partial charge in [-0.25, -0.2) is 4.79 Å². The number of hydrogen-bond donors (Lipinski definition) is 2. The number of carboxylic acid groups (broad SMARTS) is 1. The van der Waals surface area contributed by atoms with Crippen LogP contribution < -0.4 is 10.1 Å². The largest absolute Gasteiger partial charge is 0.492 e. The lowest BCUT2D eigenvalue weighted by molar-refractivity contribution is 0.0698. The van der Waals surface area contributed by atoms with Gasteiger partial charge < -0.3 is 15.2 Å². The van der Waals surface area contributed by atoms with E-state index in [2.05, 4.69) is 5.32 Å². The van der Waals surface area contributed by atoms with E-state index >= 15 is 0 Å². The van der Waals surface area contributed by atoms with Crippen molar-refractivity contribution in [2.45, 2.75) is 12.8 Å². The third kappa shape index (κ3) is 2.41. The number of nitrogens with one attached hydrogen (secondary N) is 1. The van der Waals surface area contributed by atoms with Gasteiger partial charge in [0.1, 0.15) is 5.75 Å². The summed E-state index contributed by atoms with van der Waals surface area (Å²) < 4.78 is 5.60. The molecule has 2 aromatic rings. The smallest absolute Gasteiger partial charge is 0.337 e. The first-order valence-corrected chi connectivity index (χ1v) is 6.97. The van der Waals surface area contributed by atoms with Crippen molar-refractivity contribution in [1.29, 1.82) is 0 Å². The lowest BCUT2D eigenvalue weighted by Gasteiger charge is -2.11. The van der Waals surface area contributed by atoms with Crippen LogP contribution in [0, 0.1) is 0 Å². The molecule has 2 N–H and O–H groups in total. The molecule has 1 aliphatic rings. The van der Waals surface area contributed by atoms with Gasteiger partial charge in [0, 0.05) is 11.5 Å². The lowest BCUT2D eigenvalue weighted by Crippen LogP contribution is -2.15. The van der Waals surface area contributed by atoms with Crippen LogP contribution in [0.15, 0.2) is 42.5 Å². The second-order valence-electron chi connectivity index (χ2n) is 5.24. The van der Waals surface area contributed by atoms with Crippen molar-refractivity contribution in [3.05, 3.63) is 59.2 Å². The fraction of sp³-hybridized carbons (Fsp3) is 0.176. The summed E-state index contributed by atoms with van der Waals surface area (Å²) in [6.07, 6.45) is 0. The first-order chi connectivity index (χ1) is 10.6. The molecule has 1 heterocycles. The summed E-state index contributed by atoms with van der Waals surface area (Å²) in [7, 11) is 0. The third-order valence-electron chi connectivity index (χ3n) is 3.70. The monoisotopic (exact) mass is 297 g/mol. The number of fused-ring (bicyclic) bond motifs is 1. The van der Waals surface area contributed by atoms with Crippen LogP contribution in [0.4, 0.5) is 5.69 Å². The first-order valence-electron chi connectivity index (χ1n) is 6.97. The number of carbonyl (C=O) groups is 2. The van der Waals surface area contributed by atoms with Gasteiger partial charge in [-0.2, -0.15) is 0 Å². The molecule has 5 nitrogen and oxygen atoms in total. The summed E-state index contributed by atoms with van der Waals surface area (Å²) in [4.78, 5) is 23.7. The summed E-state index contributed by atoms with van der Waals surface area (Å²) in [6, 6.07) is 11.7. The zero-order valence-electron chi connectivity index (χ0n) is 12.0. The maximum atomic E-state index is 12.5. The van der Waals surface area contributed by atoms with Gasteiger partial charge in [0.25, 0.3) is 5.91 Å². The van der Waals surface area contributed by atoms with Gasteiger partial charge in [-0.3, -0.25) is 4.79 Å². The molecule has 0 spiro atoms. The Hall–Kier alpha value is -2.82. The molecule has 1 atom stereocenters. The number of ether oxygens (including phenoxy) is 1. The molecule has 0 fully saturated rings. The van der Waals surface area contributed by atoms with E-state index in [-0.39, 0.29) is 23.1 Å². The Bertz CT molecular complexity index is 754. The van der Waals surface area contributed by atoms with E-state index in [1.165, 1.54) is 6.07 Å². The van der Waals surface area contributed by atoms with Gasteiger partial charge in [-0.05, 0) is 18.2 Å². The standard InChI is InChI=1S/C17H15NO4/c1-10-9-22-15-11(10)6-4-7-13(15)16(19)18-14-8-3-2-5-12(14)17(20)21/h2-8,10H,9H2,1H3,(H,18,19)(H,20,21). The first kappa shape index (κ1) is 14.1. The molecule has 22 heavy (non-hydrogen) atoms. The molecule has 0 aliphatic carbocycles. The minimum atomic E-state index is -1.08. The zero-order valence-corrected chi connectivity index (χ0v) is 12.0. The Kier molecular flexibility index (Phi) is 3.55. The van der Waals surface area contributed by atoms with Crippen molar-refractivity contribution < 1.29 is 19.4 Å². The molecule has 0 aromatic heterocycles. The molecule has 5 heteroatoms. The number of para-hydroxylation sites is 2. The molecule has 112 valence electrons. The lowest BCUT2D eigenvalue weighted by atomic mass is 10.0. The Morgan fingerprint density at radius 3 is 2.64 bits per heavy atom. The Labute approximate surface area is 127 Å². The predicted octanol–water partition coefficient (Wildman–Crippen LogP) is 3.13. The van der Waals surface area contributed by atoms with Gasteiger partial charge in [0.2, 0.25) is 0 Å². The maximum absolute atomic E-state index is 12.5. The van der Waals surface area contributed by atoms with E-state index in [0.29, 0.717) is 17.9 Å². The van der Waals surface area contributed by atoms with Crippen LogP contribution in [0.3, 0.4) is 0 Å². The fourth-order valence-corrected chi connectivity index (χ4v) is 2.55. The highest BCUT2D eigenvalue weighted by Gasteiger charge is 2.26. The molecular formula is C17H15NO4. The number of carbonyl (C=O) groups excluding carboxylic acids is 1. The zero-order chi connectivity index (χ0) is 15.7. The highest BCUT2D eigenvalue weighted by atomic mass is 16.5. The topological polar surface area (TPSA) is 75.6 Å². The average Bonchev–Trinajstić information content (AvgIpc) is 2.89. The van der Waals surface area contributed by atoms with Crippen LogP contribution in [0.2, 0.25) is 0 Å². The molecule has 1 unspecified atom stereocenters. The summed E-state index contributed by atoms with van der Waals surface area (Å²) >= 11 is 0. The maximum Gasteiger partial charge on any atom is 0.337 e. The minimum Gasteiger partial charge on any atom is -0.492 e. The van der Waals surface area contributed by atoms with Gasteiger partial charge in [0.05, 0.1) is 23.4 Å². The van der Waals surface area contributed by atoms with E-state index in [1.807, 2.05) is 19.1 Å². The number of amides is 1. The van der Waals surface area contributed by atoms with Crippen molar-refractivity contribution in [3.63, 3.8) is 0 Å². The van der Waals surface area contributed by atoms with E-state index < -0.39 is 5.97 Å². The van der Waals surface area contributed by atoms with E-state index in [4.69, 9.17) is 9.84 Å². The van der Waals surface area contributed by atoms with Crippen LogP contribution >= 0.6 is 0 Å². The van der Waals surface area contributed by atoms with Crippen LogP contribution in [0.1, 0.15) is 39.1 Å². The average molecular weight is 297 g/mol. The Morgan fingerprint density at radius 2 is 1.86 bits per heavy atom. The van der Waals surface area contributed by atoms with Crippen LogP contribution in [-0.2, 0) is 0 Å². The fourth-order valence-electron chi connectivity index (χ4n) is 2.55. The predicted molar refractivity (Wildman–Crippen MR) is 81.7 cm³/mol. The van der Waals surface area contributed by atoms with Gasteiger partial charge in [-0.15, -0.1) is 0 Å². The molecular weight excluding hydrogens is 282 g/mol. The molecule has 2 aromatic carbocycles. The summed E-state index contributed by atoms with van der Waals surface area (Å²) in [5.41, 5.74) is 1.74. The SMILES string of the molecule is CC1COc2c(C(=O)Nc3ccccc3C(=O)O)cccc21. The molecule has 0 radical (unpaired) electrons. The normalized spacial score (nSPS) is 15.8. The second kappa shape index (κ2) is 5.52. The molecule has 1 aliphatic heterocycles. The van der Waals surface area contributed by atoms with E-state index in [1.54, 1.807) is 24.3 Å². The number of carboxylic acids is 1. The summed E-state index contributed by atoms with van der Waals surface area (Å²) in [6.45, 7) is 2.58. The van der Waals surface area contributed by atoms with E-state index in [9.17, 15) is 9.59 Å². The number of rotatable bonds is 3. The Balaban J connectivity index is 1.93. The molecule has 1 amide bonds. The number of aromatic carboxylic acids is 1. The van der Waals surface area contributed by atoms with E-state index in [0.717, 1.165) is 5.56 Å². The highest BCUT2D eigenvalue weighted by Crippen LogP contribution is 2.36. The number of benzene rings is 2. The number of hydrogen-bond acceptors (Lipinski definition) is 3. The van der Waals surface area contributed by atoms with Crippen molar-refractivity contribution in [3.8, 4) is 5.75 Å². The van der Waals surface area contributed by atoms with Crippen molar-refractivity contribution in [2.24, 2.45) is 0 Å². The Morgan fingerprint density at radius 1 is 1.14 bits per heavy atom. The molecule has 0 saturated carbocycles. The summed E-state index contributed by atoms with van der Waals surface area (Å²) in [5.74, 6) is -0.631. The number of anilines is 1. The van der Waals surface area contributed by atoms with Crippen molar-refractivity contribution in [1.82, 2.24) is 0 Å². The van der Waals surface area contributed by atoms with Crippen molar-refractivity contribution in [2.75, 3.05) is 11.9 Å². The molecule has 3 rings (SSSR count).